The molecule has 84 valence electrons. The predicted molar refractivity (Wildman–Crippen MR) is 60.2 cm³/mol. The molecule has 0 unspecified atom stereocenters. The third kappa shape index (κ3) is 1.39. The summed E-state index contributed by atoms with van der Waals surface area (Å²) in [6.07, 6.45) is 4.73. The third-order valence-corrected chi connectivity index (χ3v) is 3.69. The molecule has 3 rings (SSSR count). The highest BCUT2D eigenvalue weighted by molar-refractivity contribution is 5.98. The minimum absolute atomic E-state index is 0.141. The molecule has 1 aromatic rings. The first-order valence-electron chi connectivity index (χ1n) is 5.88. The fraction of sp³-hybridized carbons (Fsp3) is 0.462. The Morgan fingerprint density at radius 3 is 2.75 bits per heavy atom. The Balaban J connectivity index is 1.90. The number of benzene rings is 1. The van der Waals surface area contributed by atoms with Crippen LogP contribution in [0.15, 0.2) is 18.2 Å². The maximum Gasteiger partial charge on any atom is 0.254 e. The van der Waals surface area contributed by atoms with Gasteiger partial charge in [0.05, 0.1) is 0 Å². The molecule has 0 bridgehead atoms. The normalized spacial score (nSPS) is 20.5. The molecule has 1 N–H and O–H groups in total. The topological polar surface area (TPSA) is 40.5 Å². The van der Waals surface area contributed by atoms with E-state index in [2.05, 4.69) is 0 Å². The lowest BCUT2D eigenvalue weighted by Crippen LogP contribution is -2.33. The van der Waals surface area contributed by atoms with E-state index in [0.717, 1.165) is 24.0 Å². The molecule has 16 heavy (non-hydrogen) atoms. The average Bonchev–Trinajstić information content (AvgIpc) is 2.86. The molecule has 1 heterocycles. The molecule has 0 saturated heterocycles. The van der Waals surface area contributed by atoms with Gasteiger partial charge in [-0.3, -0.25) is 4.79 Å². The van der Waals surface area contributed by atoms with Gasteiger partial charge in [-0.15, -0.1) is 0 Å². The van der Waals surface area contributed by atoms with Crippen molar-refractivity contribution < 1.29 is 9.90 Å². The van der Waals surface area contributed by atoms with Gasteiger partial charge in [0.1, 0.15) is 5.75 Å². The lowest BCUT2D eigenvalue weighted by Gasteiger charge is -2.23. The van der Waals surface area contributed by atoms with Gasteiger partial charge in [-0.2, -0.15) is 0 Å². The zero-order valence-corrected chi connectivity index (χ0v) is 9.15. The summed E-state index contributed by atoms with van der Waals surface area (Å²) >= 11 is 0. The second kappa shape index (κ2) is 3.51. The Labute approximate surface area is 94.7 Å². The van der Waals surface area contributed by atoms with Crippen LogP contribution in [0.2, 0.25) is 0 Å². The molecular weight excluding hydrogens is 202 g/mol. The van der Waals surface area contributed by atoms with Crippen LogP contribution in [-0.4, -0.2) is 22.0 Å². The Morgan fingerprint density at radius 2 is 2.00 bits per heavy atom. The van der Waals surface area contributed by atoms with Gasteiger partial charge in [0.2, 0.25) is 0 Å². The molecule has 0 radical (unpaired) electrons. The fourth-order valence-electron chi connectivity index (χ4n) is 2.84. The molecule has 2 aliphatic rings. The Morgan fingerprint density at radius 1 is 1.25 bits per heavy atom. The summed E-state index contributed by atoms with van der Waals surface area (Å²) in [6.45, 7) is 0.674. The molecule has 1 saturated carbocycles. The first kappa shape index (κ1) is 9.70. The Hall–Kier alpha value is -1.51. The van der Waals surface area contributed by atoms with Gasteiger partial charge in [-0.05, 0) is 36.6 Å². The van der Waals surface area contributed by atoms with E-state index in [9.17, 15) is 9.90 Å². The number of aromatic hydroxyl groups is 1. The van der Waals surface area contributed by atoms with Gasteiger partial charge in [-0.1, -0.05) is 12.8 Å². The maximum absolute atomic E-state index is 12.1. The van der Waals surface area contributed by atoms with Gasteiger partial charge in [-0.25, -0.2) is 0 Å². The van der Waals surface area contributed by atoms with Crippen LogP contribution in [0.25, 0.3) is 0 Å². The number of amides is 1. The van der Waals surface area contributed by atoms with Gasteiger partial charge in [0.15, 0.2) is 0 Å². The van der Waals surface area contributed by atoms with Crippen molar-refractivity contribution in [1.29, 1.82) is 0 Å². The van der Waals surface area contributed by atoms with Crippen molar-refractivity contribution in [1.82, 2.24) is 4.90 Å². The van der Waals surface area contributed by atoms with E-state index in [-0.39, 0.29) is 11.7 Å². The molecule has 1 aliphatic heterocycles. The lowest BCUT2D eigenvalue weighted by atomic mass is 10.1. The molecule has 0 spiro atoms. The van der Waals surface area contributed by atoms with E-state index in [4.69, 9.17) is 0 Å². The summed E-state index contributed by atoms with van der Waals surface area (Å²) in [5.41, 5.74) is 1.74. The van der Waals surface area contributed by atoms with Crippen LogP contribution in [0, 0.1) is 0 Å². The zero-order chi connectivity index (χ0) is 11.1. The molecule has 1 aliphatic carbocycles. The molecular formula is C13H15NO2. The van der Waals surface area contributed by atoms with E-state index in [0.29, 0.717) is 12.6 Å². The van der Waals surface area contributed by atoms with E-state index >= 15 is 0 Å². The van der Waals surface area contributed by atoms with Crippen LogP contribution >= 0.6 is 0 Å². The van der Waals surface area contributed by atoms with Crippen LogP contribution in [0.3, 0.4) is 0 Å². The first-order valence-corrected chi connectivity index (χ1v) is 5.88. The predicted octanol–water partition coefficient (Wildman–Crippen LogP) is 2.29. The summed E-state index contributed by atoms with van der Waals surface area (Å²) in [5.74, 6) is 0.390. The molecule has 1 amide bonds. The number of carbonyl (C=O) groups is 1. The van der Waals surface area contributed by atoms with E-state index in [1.54, 1.807) is 18.2 Å². The smallest absolute Gasteiger partial charge is 0.254 e. The maximum atomic E-state index is 12.1. The van der Waals surface area contributed by atoms with Crippen LogP contribution in [0.1, 0.15) is 41.6 Å². The molecule has 3 nitrogen and oxygen atoms in total. The Kier molecular flexibility index (Phi) is 2.13. The number of phenols is 1. The van der Waals surface area contributed by atoms with Crippen molar-refractivity contribution in [2.45, 2.75) is 38.3 Å². The number of rotatable bonds is 1. The zero-order valence-electron chi connectivity index (χ0n) is 9.15. The monoisotopic (exact) mass is 217 g/mol. The van der Waals surface area contributed by atoms with Crippen LogP contribution in [-0.2, 0) is 6.54 Å². The second-order valence-electron chi connectivity index (χ2n) is 4.71. The van der Waals surface area contributed by atoms with Crippen molar-refractivity contribution in [3.63, 3.8) is 0 Å². The number of nitrogens with zero attached hydrogens (tertiary/aromatic N) is 1. The lowest BCUT2D eigenvalue weighted by molar-refractivity contribution is 0.0707. The second-order valence-corrected chi connectivity index (χ2v) is 4.71. The fourth-order valence-corrected chi connectivity index (χ4v) is 2.84. The molecule has 1 fully saturated rings. The van der Waals surface area contributed by atoms with Gasteiger partial charge < -0.3 is 10.0 Å². The molecule has 0 atom stereocenters. The van der Waals surface area contributed by atoms with Crippen molar-refractivity contribution in [2.75, 3.05) is 0 Å². The van der Waals surface area contributed by atoms with E-state index < -0.39 is 0 Å². The number of hydrogen-bond donors (Lipinski definition) is 1. The average molecular weight is 217 g/mol. The highest BCUT2D eigenvalue weighted by Gasteiger charge is 2.33. The third-order valence-electron chi connectivity index (χ3n) is 3.69. The molecule has 1 aromatic carbocycles. The van der Waals surface area contributed by atoms with Crippen molar-refractivity contribution in [2.24, 2.45) is 0 Å². The minimum atomic E-state index is 0.141. The highest BCUT2D eigenvalue weighted by atomic mass is 16.3. The van der Waals surface area contributed by atoms with Gasteiger partial charge in [0, 0.05) is 18.2 Å². The summed E-state index contributed by atoms with van der Waals surface area (Å²) in [5, 5.41) is 9.40. The molecule has 0 aromatic heterocycles. The van der Waals surface area contributed by atoms with E-state index in [1.807, 2.05) is 4.90 Å². The van der Waals surface area contributed by atoms with Gasteiger partial charge >= 0.3 is 0 Å². The number of hydrogen-bond acceptors (Lipinski definition) is 2. The summed E-state index contributed by atoms with van der Waals surface area (Å²) in [4.78, 5) is 14.1. The van der Waals surface area contributed by atoms with Crippen molar-refractivity contribution in [3.05, 3.63) is 29.3 Å². The van der Waals surface area contributed by atoms with Crippen LogP contribution in [0.4, 0.5) is 0 Å². The largest absolute Gasteiger partial charge is 0.508 e. The van der Waals surface area contributed by atoms with Gasteiger partial charge in [0.25, 0.3) is 5.91 Å². The number of fused-ring (bicyclic) bond motifs is 1. The summed E-state index contributed by atoms with van der Waals surface area (Å²) < 4.78 is 0. The van der Waals surface area contributed by atoms with E-state index in [1.165, 1.54) is 12.8 Å². The minimum Gasteiger partial charge on any atom is -0.508 e. The number of phenolic OH excluding ortho intramolecular Hbond substituents is 1. The van der Waals surface area contributed by atoms with Crippen LogP contribution < -0.4 is 0 Å². The van der Waals surface area contributed by atoms with Crippen molar-refractivity contribution in [3.8, 4) is 5.75 Å². The summed E-state index contributed by atoms with van der Waals surface area (Å²) in [7, 11) is 0. The van der Waals surface area contributed by atoms with Crippen molar-refractivity contribution >= 4 is 5.91 Å². The van der Waals surface area contributed by atoms with Crippen LogP contribution in [0.5, 0.6) is 5.75 Å². The quantitative estimate of drug-likeness (QED) is 0.784. The first-order chi connectivity index (χ1) is 7.75. The summed E-state index contributed by atoms with van der Waals surface area (Å²) in [6, 6.07) is 5.46. The number of carbonyl (C=O) groups excluding carboxylic acids is 1. The SMILES string of the molecule is O=C1c2ccc(O)cc2CN1C1CCCC1. The molecule has 3 heteroatoms. The Bertz CT molecular complexity index is 436. The standard InChI is InChI=1S/C13H15NO2/c15-11-5-6-12-9(7-11)8-14(13(12)16)10-3-1-2-4-10/h5-7,10,15H,1-4,8H2. The highest BCUT2D eigenvalue weighted by Crippen LogP contribution is 2.32.